The number of carbonyl (C=O) groups is 3. The standard InChI is InChI=1S/C28H26N2O5/c1-16-12-13-17(2)22(14-16)26(32)24-25(21-10-5-6-11-23(21)35-4)30(28(34)27(24)33)20-9-7-8-19(15-20)29-18(3)31/h5-15,25,32H,1-4H3,(H,29,31)/b26-24+. The lowest BCUT2D eigenvalue weighted by atomic mass is 9.92. The highest BCUT2D eigenvalue weighted by Gasteiger charge is 2.48. The minimum Gasteiger partial charge on any atom is -0.507 e. The lowest BCUT2D eigenvalue weighted by Gasteiger charge is -2.27. The van der Waals surface area contributed by atoms with E-state index in [0.717, 1.165) is 11.1 Å². The Morgan fingerprint density at radius 3 is 2.46 bits per heavy atom. The first-order valence-corrected chi connectivity index (χ1v) is 11.1. The van der Waals surface area contributed by atoms with Gasteiger partial charge in [0.05, 0.1) is 18.7 Å². The normalized spacial score (nSPS) is 16.9. The Morgan fingerprint density at radius 1 is 1.00 bits per heavy atom. The van der Waals surface area contributed by atoms with Crippen LogP contribution in [0.25, 0.3) is 5.76 Å². The average molecular weight is 471 g/mol. The molecule has 1 aliphatic heterocycles. The Morgan fingerprint density at radius 2 is 1.74 bits per heavy atom. The van der Waals surface area contributed by atoms with E-state index in [1.807, 2.05) is 26.0 Å². The van der Waals surface area contributed by atoms with Gasteiger partial charge in [-0.3, -0.25) is 19.3 Å². The molecule has 3 aromatic carbocycles. The summed E-state index contributed by atoms with van der Waals surface area (Å²) in [6.07, 6.45) is 0. The number of aryl methyl sites for hydroxylation is 2. The predicted octanol–water partition coefficient (Wildman–Crippen LogP) is 4.90. The Labute approximate surface area is 203 Å². The van der Waals surface area contributed by atoms with Crippen LogP contribution in [0.3, 0.4) is 0 Å². The Hall–Kier alpha value is -4.39. The van der Waals surface area contributed by atoms with Crippen LogP contribution in [0.1, 0.15) is 35.2 Å². The van der Waals surface area contributed by atoms with Crippen molar-refractivity contribution in [2.45, 2.75) is 26.8 Å². The molecule has 0 spiro atoms. The molecule has 1 aliphatic rings. The number of Topliss-reactive ketones (excluding diaryl/α,β-unsaturated/α-hetero) is 1. The maximum Gasteiger partial charge on any atom is 0.300 e. The molecule has 0 saturated carbocycles. The zero-order chi connectivity index (χ0) is 25.3. The summed E-state index contributed by atoms with van der Waals surface area (Å²) >= 11 is 0. The number of aliphatic hydroxyl groups excluding tert-OH is 1. The summed E-state index contributed by atoms with van der Waals surface area (Å²) in [7, 11) is 1.51. The third-order valence-corrected chi connectivity index (χ3v) is 5.97. The average Bonchev–Trinajstić information content (AvgIpc) is 3.10. The summed E-state index contributed by atoms with van der Waals surface area (Å²) < 4.78 is 5.55. The second kappa shape index (κ2) is 9.46. The quantitative estimate of drug-likeness (QED) is 0.314. The molecular weight excluding hydrogens is 444 g/mol. The summed E-state index contributed by atoms with van der Waals surface area (Å²) in [5.41, 5.74) is 3.55. The topological polar surface area (TPSA) is 95.9 Å². The fourth-order valence-electron chi connectivity index (χ4n) is 4.36. The summed E-state index contributed by atoms with van der Waals surface area (Å²) in [5.74, 6) is -1.63. The van der Waals surface area contributed by atoms with Crippen molar-refractivity contribution in [2.75, 3.05) is 17.3 Å². The Balaban J connectivity index is 1.99. The van der Waals surface area contributed by atoms with Crippen molar-refractivity contribution in [2.24, 2.45) is 0 Å². The highest BCUT2D eigenvalue weighted by Crippen LogP contribution is 2.45. The molecule has 0 radical (unpaired) electrons. The van der Waals surface area contributed by atoms with E-state index in [0.29, 0.717) is 28.3 Å². The van der Waals surface area contributed by atoms with Crippen molar-refractivity contribution in [1.29, 1.82) is 0 Å². The van der Waals surface area contributed by atoms with Crippen LogP contribution < -0.4 is 15.0 Å². The number of ketones is 1. The first kappa shape index (κ1) is 23.8. The van der Waals surface area contributed by atoms with Crippen molar-refractivity contribution in [3.8, 4) is 5.75 Å². The van der Waals surface area contributed by atoms with E-state index in [1.54, 1.807) is 54.6 Å². The number of amides is 2. The van der Waals surface area contributed by atoms with Gasteiger partial charge in [-0.15, -0.1) is 0 Å². The monoisotopic (exact) mass is 470 g/mol. The minimum atomic E-state index is -0.946. The van der Waals surface area contributed by atoms with Crippen LogP contribution in [0.2, 0.25) is 0 Å². The highest BCUT2D eigenvalue weighted by atomic mass is 16.5. The number of methoxy groups -OCH3 is 1. The van der Waals surface area contributed by atoms with E-state index >= 15 is 0 Å². The molecule has 2 amide bonds. The van der Waals surface area contributed by atoms with Crippen LogP contribution in [0, 0.1) is 13.8 Å². The number of ether oxygens (including phenoxy) is 1. The van der Waals surface area contributed by atoms with E-state index in [-0.39, 0.29) is 17.2 Å². The van der Waals surface area contributed by atoms with Crippen molar-refractivity contribution < 1.29 is 24.2 Å². The SMILES string of the molecule is COc1ccccc1C1/C(=C(\O)c2cc(C)ccc2C)C(=O)C(=O)N1c1cccc(NC(C)=O)c1. The van der Waals surface area contributed by atoms with Gasteiger partial charge in [0, 0.05) is 29.4 Å². The van der Waals surface area contributed by atoms with Crippen molar-refractivity contribution in [3.05, 3.63) is 94.6 Å². The smallest absolute Gasteiger partial charge is 0.300 e. The van der Waals surface area contributed by atoms with E-state index in [9.17, 15) is 19.5 Å². The van der Waals surface area contributed by atoms with Gasteiger partial charge in [-0.2, -0.15) is 0 Å². The van der Waals surface area contributed by atoms with Crippen LogP contribution in [-0.4, -0.2) is 29.8 Å². The van der Waals surface area contributed by atoms with Gasteiger partial charge in [0.2, 0.25) is 5.91 Å². The molecule has 1 unspecified atom stereocenters. The number of rotatable bonds is 5. The zero-order valence-electron chi connectivity index (χ0n) is 20.0. The number of hydrogen-bond acceptors (Lipinski definition) is 5. The van der Waals surface area contributed by atoms with Crippen LogP contribution in [0.5, 0.6) is 5.75 Å². The molecule has 0 aromatic heterocycles. The van der Waals surface area contributed by atoms with Gasteiger partial charge < -0.3 is 15.2 Å². The second-order valence-electron chi connectivity index (χ2n) is 8.46. The van der Waals surface area contributed by atoms with E-state index in [4.69, 9.17) is 4.74 Å². The van der Waals surface area contributed by atoms with Crippen LogP contribution in [-0.2, 0) is 14.4 Å². The fourth-order valence-corrected chi connectivity index (χ4v) is 4.36. The number of hydrogen-bond donors (Lipinski definition) is 2. The number of nitrogens with zero attached hydrogens (tertiary/aromatic N) is 1. The molecule has 1 fully saturated rings. The fraction of sp³-hybridized carbons (Fsp3) is 0.179. The summed E-state index contributed by atoms with van der Waals surface area (Å²) in [6.45, 7) is 5.11. The van der Waals surface area contributed by atoms with Crippen LogP contribution >= 0.6 is 0 Å². The van der Waals surface area contributed by atoms with Gasteiger partial charge in [-0.05, 0) is 49.7 Å². The Bertz CT molecular complexity index is 1380. The van der Waals surface area contributed by atoms with Crippen molar-refractivity contribution >= 4 is 34.7 Å². The molecule has 4 rings (SSSR count). The first-order valence-electron chi connectivity index (χ1n) is 11.1. The van der Waals surface area contributed by atoms with Gasteiger partial charge in [0.25, 0.3) is 11.7 Å². The maximum atomic E-state index is 13.4. The summed E-state index contributed by atoms with van der Waals surface area (Å²) in [5, 5.41) is 14.1. The van der Waals surface area contributed by atoms with Gasteiger partial charge in [-0.25, -0.2) is 0 Å². The van der Waals surface area contributed by atoms with Gasteiger partial charge >= 0.3 is 0 Å². The number of aliphatic hydroxyl groups is 1. The molecule has 7 nitrogen and oxygen atoms in total. The molecule has 1 atom stereocenters. The van der Waals surface area contributed by atoms with Gasteiger partial charge in [-0.1, -0.05) is 42.0 Å². The molecule has 178 valence electrons. The minimum absolute atomic E-state index is 0.0295. The van der Waals surface area contributed by atoms with E-state index < -0.39 is 17.7 Å². The molecule has 0 bridgehead atoms. The number of benzene rings is 3. The molecule has 7 heteroatoms. The van der Waals surface area contributed by atoms with Crippen molar-refractivity contribution in [3.63, 3.8) is 0 Å². The molecule has 1 saturated heterocycles. The lowest BCUT2D eigenvalue weighted by Crippen LogP contribution is -2.29. The molecule has 1 heterocycles. The first-order chi connectivity index (χ1) is 16.7. The van der Waals surface area contributed by atoms with E-state index in [2.05, 4.69) is 5.32 Å². The van der Waals surface area contributed by atoms with Crippen LogP contribution in [0.4, 0.5) is 11.4 Å². The van der Waals surface area contributed by atoms with Gasteiger partial charge in [0.15, 0.2) is 0 Å². The second-order valence-corrected chi connectivity index (χ2v) is 8.46. The number of carbonyl (C=O) groups excluding carboxylic acids is 3. The molecule has 2 N–H and O–H groups in total. The number of anilines is 2. The molecule has 3 aromatic rings. The number of nitrogens with one attached hydrogen (secondary N) is 1. The lowest BCUT2D eigenvalue weighted by molar-refractivity contribution is -0.132. The largest absolute Gasteiger partial charge is 0.507 e. The molecular formula is C28H26N2O5. The third kappa shape index (κ3) is 4.40. The molecule has 35 heavy (non-hydrogen) atoms. The Kier molecular flexibility index (Phi) is 6.42. The maximum absolute atomic E-state index is 13.4. The molecule has 0 aliphatic carbocycles. The van der Waals surface area contributed by atoms with Gasteiger partial charge in [0.1, 0.15) is 11.5 Å². The summed E-state index contributed by atoms with van der Waals surface area (Å²) in [4.78, 5) is 39.8. The predicted molar refractivity (Wildman–Crippen MR) is 134 cm³/mol. The van der Waals surface area contributed by atoms with Crippen molar-refractivity contribution in [1.82, 2.24) is 0 Å². The van der Waals surface area contributed by atoms with Crippen LogP contribution in [0.15, 0.2) is 72.3 Å². The summed E-state index contributed by atoms with van der Waals surface area (Å²) in [6, 6.07) is 18.3. The van der Waals surface area contributed by atoms with E-state index in [1.165, 1.54) is 18.9 Å². The third-order valence-electron chi connectivity index (χ3n) is 5.97. The zero-order valence-corrected chi connectivity index (χ0v) is 20.0. The number of para-hydroxylation sites is 1. The highest BCUT2D eigenvalue weighted by molar-refractivity contribution is 6.51.